The number of nitriles is 2. The number of hydrogen-bond acceptors (Lipinski definition) is 7. The van der Waals surface area contributed by atoms with Crippen LogP contribution < -0.4 is 10.1 Å². The number of carbonyl (C=O) groups is 1. The molecule has 0 spiro atoms. The van der Waals surface area contributed by atoms with E-state index in [-0.39, 0.29) is 29.4 Å². The van der Waals surface area contributed by atoms with Crippen LogP contribution in [0.15, 0.2) is 90.0 Å². The Morgan fingerprint density at radius 1 is 1.04 bits per heavy atom. The first kappa shape index (κ1) is 35.1. The maximum absolute atomic E-state index is 13.4. The van der Waals surface area contributed by atoms with E-state index in [4.69, 9.17) is 32.5 Å². The number of alkyl halides is 3. The number of fused-ring (bicyclic) bond motifs is 1. The van der Waals surface area contributed by atoms with Crippen molar-refractivity contribution in [2.45, 2.75) is 25.9 Å². The average molecular weight is 657 g/mol. The van der Waals surface area contributed by atoms with Gasteiger partial charge in [0.1, 0.15) is 18.4 Å². The minimum absolute atomic E-state index is 0.0653. The number of rotatable bonds is 6. The number of nitrogens with zero attached hydrogens (tertiary/aromatic N) is 5. The largest absolute Gasteiger partial charge is 0.763 e. The number of nitrogens with one attached hydrogen (secondary N) is 2. The molecule has 1 heterocycles. The highest BCUT2D eigenvalue weighted by atomic mass is 19.4. The van der Waals surface area contributed by atoms with Crippen LogP contribution in [0.1, 0.15) is 47.1 Å². The van der Waals surface area contributed by atoms with Crippen molar-refractivity contribution in [2.75, 3.05) is 11.9 Å². The second-order valence-electron chi connectivity index (χ2n) is 10.7. The van der Waals surface area contributed by atoms with Crippen molar-refractivity contribution in [1.82, 2.24) is 9.97 Å². The highest BCUT2D eigenvalue weighted by molar-refractivity contribution is 6.06. The van der Waals surface area contributed by atoms with Gasteiger partial charge in [-0.25, -0.2) is 9.97 Å². The van der Waals surface area contributed by atoms with Gasteiger partial charge in [-0.15, -0.1) is 6.42 Å². The number of terminal acetylenes is 1. The van der Waals surface area contributed by atoms with Crippen LogP contribution in [0.25, 0.3) is 27.6 Å². The molecule has 49 heavy (non-hydrogen) atoms. The summed E-state index contributed by atoms with van der Waals surface area (Å²) in [5.74, 6) is 4.02. The smallest absolute Gasteiger partial charge is 0.417 e. The van der Waals surface area contributed by atoms with Crippen LogP contribution in [0.5, 0.6) is 5.75 Å². The number of carbonyl (C=O) groups excluding carboxylic acids is 1. The first-order valence-corrected chi connectivity index (χ1v) is 14.5. The maximum atomic E-state index is 13.4. The third kappa shape index (κ3) is 8.52. The van der Waals surface area contributed by atoms with Gasteiger partial charge in [0.05, 0.1) is 39.7 Å². The Morgan fingerprint density at radius 3 is 2.39 bits per heavy atom. The minimum atomic E-state index is -4.76. The van der Waals surface area contributed by atoms with Crippen LogP contribution in [0, 0.1) is 40.4 Å². The SMILES string of the molecule is C#CCOc1ccc2nc(C(=O)Nc3ccc(C#N)c(C(F)(F)F)c3)nc(-c3ccc(C(C)C)cc3)c2c1.N#CC1=CC(=N)C=CC1=C=[N-]. The quantitative estimate of drug-likeness (QED) is 0.159. The van der Waals surface area contributed by atoms with E-state index in [0.29, 0.717) is 45.5 Å². The van der Waals surface area contributed by atoms with Crippen LogP contribution in [0.3, 0.4) is 0 Å². The van der Waals surface area contributed by atoms with Gasteiger partial charge in [-0.2, -0.15) is 23.7 Å². The fraction of sp³-hybridized carbons (Fsp3) is 0.135. The zero-order valence-electron chi connectivity index (χ0n) is 26.1. The molecule has 1 aliphatic carbocycles. The van der Waals surface area contributed by atoms with Crippen LogP contribution >= 0.6 is 0 Å². The lowest BCUT2D eigenvalue weighted by molar-refractivity contribution is -0.137. The molecule has 0 saturated heterocycles. The molecule has 1 amide bonds. The summed E-state index contributed by atoms with van der Waals surface area (Å²) < 4.78 is 45.6. The summed E-state index contributed by atoms with van der Waals surface area (Å²) in [5, 5.41) is 36.1. The van der Waals surface area contributed by atoms with Crippen LogP contribution in [-0.2, 0) is 6.18 Å². The summed E-state index contributed by atoms with van der Waals surface area (Å²) in [6.07, 6.45) is 4.86. The summed E-state index contributed by atoms with van der Waals surface area (Å²) in [6.45, 7) is 4.20. The van der Waals surface area contributed by atoms with E-state index < -0.39 is 23.2 Å². The van der Waals surface area contributed by atoms with E-state index >= 15 is 0 Å². The van der Waals surface area contributed by atoms with Crippen LogP contribution in [0.2, 0.25) is 0 Å². The highest BCUT2D eigenvalue weighted by Gasteiger charge is 2.34. The molecule has 0 radical (unpaired) electrons. The molecule has 0 fully saturated rings. The van der Waals surface area contributed by atoms with Gasteiger partial charge >= 0.3 is 6.18 Å². The third-order valence-electron chi connectivity index (χ3n) is 7.01. The number of halogens is 3. The topological polar surface area (TPSA) is 158 Å². The molecule has 2 N–H and O–H groups in total. The van der Waals surface area contributed by atoms with Gasteiger partial charge in [0.25, 0.3) is 5.91 Å². The van der Waals surface area contributed by atoms with Gasteiger partial charge in [-0.1, -0.05) is 44.0 Å². The van der Waals surface area contributed by atoms with Gasteiger partial charge in [0.15, 0.2) is 0 Å². The zero-order valence-corrected chi connectivity index (χ0v) is 26.1. The van der Waals surface area contributed by atoms with E-state index in [2.05, 4.69) is 35.1 Å². The molecule has 0 bridgehead atoms. The van der Waals surface area contributed by atoms with Gasteiger partial charge in [-0.05, 0) is 66.1 Å². The Hall–Kier alpha value is -6.80. The molecule has 4 aromatic rings. The zero-order chi connectivity index (χ0) is 35.7. The molecule has 9 nitrogen and oxygen atoms in total. The van der Waals surface area contributed by atoms with Crippen molar-refractivity contribution in [2.24, 2.45) is 0 Å². The van der Waals surface area contributed by atoms with E-state index in [1.54, 1.807) is 18.2 Å². The van der Waals surface area contributed by atoms with Gasteiger partial charge in [-0.3, -0.25) is 10.7 Å². The average Bonchev–Trinajstić information content (AvgIpc) is 3.10. The number of hydrogen-bond donors (Lipinski definition) is 2. The second-order valence-corrected chi connectivity index (χ2v) is 10.7. The summed E-state index contributed by atoms with van der Waals surface area (Å²) in [6, 6.07) is 19.0. The standard InChI is InChI=1S/C29H21F3N4O2.C8H4N3/c1-4-13-38-22-11-12-25-23(15-22)26(19-7-5-18(6-8-19)17(2)3)36-27(35-25)28(37)34-21-10-9-20(16-33)24(14-21)29(30,31)32;9-4-6-1-2-8(11)3-7(6)5-10/h1,5-12,14-15,17H,13H2,2-3H3,(H,34,37);1-3,11H/q;-1. The maximum Gasteiger partial charge on any atom is 0.417 e. The lowest BCUT2D eigenvalue weighted by Gasteiger charge is -2.13. The van der Waals surface area contributed by atoms with E-state index in [0.717, 1.165) is 11.6 Å². The third-order valence-corrected chi connectivity index (χ3v) is 7.01. The summed E-state index contributed by atoms with van der Waals surface area (Å²) >= 11 is 0. The van der Waals surface area contributed by atoms with Crippen molar-refractivity contribution < 1.29 is 22.7 Å². The molecule has 0 unspecified atom stereocenters. The van der Waals surface area contributed by atoms with Crippen molar-refractivity contribution in [3.05, 3.63) is 118 Å². The molecule has 5 rings (SSSR count). The number of benzene rings is 3. The normalized spacial score (nSPS) is 12.1. The van der Waals surface area contributed by atoms with Crippen LogP contribution in [0.4, 0.5) is 18.9 Å². The molecule has 12 heteroatoms. The van der Waals surface area contributed by atoms with E-state index in [1.165, 1.54) is 30.4 Å². The Balaban J connectivity index is 0.000000418. The summed E-state index contributed by atoms with van der Waals surface area (Å²) in [5.41, 5.74) is 1.69. The first-order chi connectivity index (χ1) is 23.4. The van der Waals surface area contributed by atoms with Crippen molar-refractivity contribution in [3.63, 3.8) is 0 Å². The fourth-order valence-corrected chi connectivity index (χ4v) is 4.55. The van der Waals surface area contributed by atoms with Crippen LogP contribution in [-0.4, -0.2) is 34.1 Å². The second kappa shape index (κ2) is 15.2. The Morgan fingerprint density at radius 2 is 1.78 bits per heavy atom. The Bertz CT molecular complexity index is 2190. The molecule has 242 valence electrons. The molecular formula is C37H25F3N7O2-. The van der Waals surface area contributed by atoms with E-state index in [1.807, 2.05) is 36.2 Å². The predicted octanol–water partition coefficient (Wildman–Crippen LogP) is 7.77. The molecule has 0 atom stereocenters. The molecule has 3 aromatic carbocycles. The number of ether oxygens (including phenoxy) is 1. The predicted molar refractivity (Wildman–Crippen MR) is 180 cm³/mol. The van der Waals surface area contributed by atoms with Crippen molar-refractivity contribution in [3.8, 4) is 41.5 Å². The summed E-state index contributed by atoms with van der Waals surface area (Å²) in [7, 11) is 0. The summed E-state index contributed by atoms with van der Waals surface area (Å²) in [4.78, 5) is 21.9. The van der Waals surface area contributed by atoms with Gasteiger partial charge < -0.3 is 20.9 Å². The lowest BCUT2D eigenvalue weighted by Crippen LogP contribution is -2.17. The van der Waals surface area contributed by atoms with E-state index in [9.17, 15) is 18.0 Å². The Labute approximate surface area is 279 Å². The fourth-order valence-electron chi connectivity index (χ4n) is 4.55. The molecule has 0 saturated carbocycles. The first-order valence-electron chi connectivity index (χ1n) is 14.5. The van der Waals surface area contributed by atoms with Gasteiger partial charge in [0, 0.05) is 22.2 Å². The molecule has 1 aromatic heterocycles. The number of amides is 1. The molecule has 0 aliphatic heterocycles. The lowest BCUT2D eigenvalue weighted by atomic mass is 9.99. The molecular weight excluding hydrogens is 631 g/mol. The monoisotopic (exact) mass is 656 g/mol. The van der Waals surface area contributed by atoms with Crippen molar-refractivity contribution >= 4 is 34.1 Å². The van der Waals surface area contributed by atoms with Crippen molar-refractivity contribution in [1.29, 1.82) is 15.9 Å². The Kier molecular flexibility index (Phi) is 10.9. The van der Waals surface area contributed by atoms with Gasteiger partial charge in [0.2, 0.25) is 5.82 Å². The number of anilines is 1. The minimum Gasteiger partial charge on any atom is -0.763 e. The highest BCUT2D eigenvalue weighted by Crippen LogP contribution is 2.34. The number of allylic oxidation sites excluding steroid dienone is 5. The molecule has 1 aliphatic rings. The number of aromatic nitrogens is 2.